The second kappa shape index (κ2) is 14.9. The molecule has 0 amide bonds. The largest absolute Gasteiger partial charge is 0.514 e. The number of para-hydroxylation sites is 1. The maximum absolute atomic E-state index is 15.0. The summed E-state index contributed by atoms with van der Waals surface area (Å²) >= 11 is 1.55. The second-order valence-electron chi connectivity index (χ2n) is 18.2. The fourth-order valence-electron chi connectivity index (χ4n) is 11.0. The lowest BCUT2D eigenvalue weighted by Gasteiger charge is -2.62. The highest BCUT2D eigenvalue weighted by Gasteiger charge is 2.61. The summed E-state index contributed by atoms with van der Waals surface area (Å²) < 4.78 is 43.2. The van der Waals surface area contributed by atoms with Crippen molar-refractivity contribution in [3.63, 3.8) is 0 Å². The fraction of sp³-hybridized carbons (Fsp3) is 0.500. The molecule has 15 nitrogen and oxygen atoms in total. The molecule has 0 aliphatic carbocycles. The number of aromatic nitrogens is 1. The SMILES string of the molecule is COc1c(C)cc2c(c1OC(=O)OC(C)(C)C)[C@@H]1C3[C@@H]4SC[C@]5(NCCc6c5[nH]c5ccccc65)C(=O)COC[C@@H](c5c6c(c(C)c(OC(C)=O)c54)OCO6)N3[C@@H](O)[C@H](C2)N1C. The number of nitrogens with one attached hydrogen (secondary N) is 2. The van der Waals surface area contributed by atoms with Crippen LogP contribution in [0.5, 0.6) is 28.7 Å². The number of carbonyl (C=O) groups excluding carboxylic acids is 3. The third-order valence-corrected chi connectivity index (χ3v) is 14.9. The maximum atomic E-state index is 15.0. The first-order valence-corrected chi connectivity index (χ1v) is 22.2. The van der Waals surface area contributed by atoms with Crippen molar-refractivity contribution < 1.29 is 52.6 Å². The first kappa shape index (κ1) is 41.2. The predicted octanol–water partition coefficient (Wildman–Crippen LogP) is 5.83. The molecule has 7 aliphatic heterocycles. The number of ether oxygens (including phenoxy) is 7. The third kappa shape index (κ3) is 6.15. The molecule has 328 valence electrons. The number of fused-ring (bicyclic) bond motifs is 12. The average Bonchev–Trinajstić information content (AvgIpc) is 3.85. The molecule has 11 rings (SSSR count). The van der Waals surface area contributed by atoms with E-state index in [-0.39, 0.29) is 37.3 Å². The monoisotopic (exact) mass is 868 g/mol. The van der Waals surface area contributed by atoms with Crippen LogP contribution in [0, 0.1) is 13.8 Å². The van der Waals surface area contributed by atoms with Crippen molar-refractivity contribution in [3.8, 4) is 28.7 Å². The van der Waals surface area contributed by atoms with E-state index in [4.69, 9.17) is 33.2 Å². The maximum Gasteiger partial charge on any atom is 0.514 e. The van der Waals surface area contributed by atoms with Crippen LogP contribution in [0.25, 0.3) is 10.9 Å². The summed E-state index contributed by atoms with van der Waals surface area (Å²) in [5, 5.41) is 17.0. The highest BCUT2D eigenvalue weighted by molar-refractivity contribution is 7.99. The van der Waals surface area contributed by atoms with Crippen molar-refractivity contribution in [1.29, 1.82) is 0 Å². The Bertz CT molecular complexity index is 2550. The summed E-state index contributed by atoms with van der Waals surface area (Å²) in [7, 11) is 3.52. The third-order valence-electron chi connectivity index (χ3n) is 13.4. The zero-order valence-corrected chi connectivity index (χ0v) is 36.9. The van der Waals surface area contributed by atoms with E-state index >= 15 is 0 Å². The summed E-state index contributed by atoms with van der Waals surface area (Å²) in [4.78, 5) is 49.7. The molecule has 7 atom stereocenters. The van der Waals surface area contributed by atoms with Crippen molar-refractivity contribution in [3.05, 3.63) is 75.0 Å². The van der Waals surface area contributed by atoms with Gasteiger partial charge in [0.15, 0.2) is 28.8 Å². The number of ketones is 1. The van der Waals surface area contributed by atoms with Gasteiger partial charge in [-0.25, -0.2) is 4.79 Å². The topological polar surface area (TPSA) is 170 Å². The average molecular weight is 869 g/mol. The molecule has 1 aromatic heterocycles. The van der Waals surface area contributed by atoms with Gasteiger partial charge in [0.1, 0.15) is 29.7 Å². The molecule has 7 aliphatic rings. The fourth-order valence-corrected chi connectivity index (χ4v) is 12.8. The van der Waals surface area contributed by atoms with Gasteiger partial charge in [0, 0.05) is 64.1 Å². The first-order valence-electron chi connectivity index (χ1n) is 21.1. The van der Waals surface area contributed by atoms with Crippen molar-refractivity contribution in [1.82, 2.24) is 20.1 Å². The summed E-state index contributed by atoms with van der Waals surface area (Å²) in [6, 6.07) is 7.83. The Morgan fingerprint density at radius 3 is 2.56 bits per heavy atom. The number of nitrogens with zero attached hydrogens (tertiary/aromatic N) is 2. The van der Waals surface area contributed by atoms with Gasteiger partial charge in [0.05, 0.1) is 37.1 Å². The Morgan fingerprint density at radius 1 is 1.03 bits per heavy atom. The number of likely N-dealkylation sites (N-methyl/N-ethyl adjacent to an activating group) is 1. The number of hydrogen-bond donors (Lipinski definition) is 3. The number of aliphatic hydroxyl groups is 1. The van der Waals surface area contributed by atoms with Crippen LogP contribution in [-0.4, -0.2) is 108 Å². The molecule has 3 aromatic carbocycles. The number of methoxy groups -OCH3 is 1. The van der Waals surface area contributed by atoms with Gasteiger partial charge >= 0.3 is 12.1 Å². The van der Waals surface area contributed by atoms with Crippen molar-refractivity contribution >= 4 is 40.6 Å². The number of hydrogen-bond acceptors (Lipinski definition) is 15. The van der Waals surface area contributed by atoms with Gasteiger partial charge < -0.3 is 43.2 Å². The Labute approximate surface area is 363 Å². The zero-order chi connectivity index (χ0) is 43.6. The van der Waals surface area contributed by atoms with Crippen LogP contribution in [0.2, 0.25) is 0 Å². The molecule has 0 saturated carbocycles. The molecular formula is C46H52N4O11S. The van der Waals surface area contributed by atoms with E-state index in [9.17, 15) is 19.5 Å². The Hall–Kier alpha value is -4.84. The molecule has 62 heavy (non-hydrogen) atoms. The molecule has 4 aromatic rings. The summed E-state index contributed by atoms with van der Waals surface area (Å²) in [5.74, 6) is 1.50. The van der Waals surface area contributed by atoms with Crippen LogP contribution in [0.1, 0.15) is 89.7 Å². The number of aliphatic hydroxyl groups excluding tert-OH is 1. The number of aryl methyl sites for hydroxylation is 1. The van der Waals surface area contributed by atoms with Crippen LogP contribution in [-0.2, 0) is 37.4 Å². The highest BCUT2D eigenvalue weighted by atomic mass is 32.2. The lowest BCUT2D eigenvalue weighted by molar-refractivity contribution is -0.181. The molecule has 3 N–H and O–H groups in total. The number of rotatable bonds is 3. The quantitative estimate of drug-likeness (QED) is 0.128. The van der Waals surface area contributed by atoms with Gasteiger partial charge in [-0.05, 0) is 77.3 Å². The number of carbonyl (C=O) groups is 3. The van der Waals surface area contributed by atoms with Crippen molar-refractivity contribution in [2.24, 2.45) is 0 Å². The van der Waals surface area contributed by atoms with Gasteiger partial charge in [-0.15, -0.1) is 11.8 Å². The van der Waals surface area contributed by atoms with Gasteiger partial charge in [0.2, 0.25) is 6.79 Å². The lowest BCUT2D eigenvalue weighted by atomic mass is 9.73. The van der Waals surface area contributed by atoms with Crippen LogP contribution in [0.4, 0.5) is 4.79 Å². The van der Waals surface area contributed by atoms with E-state index in [0.29, 0.717) is 58.2 Å². The number of H-pyrrole nitrogens is 1. The Kier molecular flexibility index (Phi) is 9.88. The number of piperazine rings is 1. The molecule has 1 spiro atoms. The van der Waals surface area contributed by atoms with E-state index in [2.05, 4.69) is 26.2 Å². The van der Waals surface area contributed by atoms with Crippen LogP contribution in [0.3, 0.4) is 0 Å². The molecule has 4 bridgehead atoms. The van der Waals surface area contributed by atoms with Gasteiger partial charge in [-0.3, -0.25) is 24.7 Å². The number of thioether (sulfide) groups is 1. The second-order valence-corrected chi connectivity index (χ2v) is 19.3. The molecular weight excluding hydrogens is 817 g/mol. The Morgan fingerprint density at radius 2 is 1.81 bits per heavy atom. The van der Waals surface area contributed by atoms with E-state index in [0.717, 1.165) is 39.7 Å². The van der Waals surface area contributed by atoms with Crippen molar-refractivity contribution in [2.45, 2.75) is 101 Å². The first-order chi connectivity index (χ1) is 29.6. The van der Waals surface area contributed by atoms with E-state index in [1.807, 2.05) is 45.2 Å². The number of esters is 1. The molecule has 2 fully saturated rings. The zero-order valence-electron chi connectivity index (χ0n) is 36.1. The normalized spacial score (nSPS) is 27.8. The van der Waals surface area contributed by atoms with Crippen LogP contribution < -0.4 is 29.0 Å². The summed E-state index contributed by atoms with van der Waals surface area (Å²) in [5.41, 5.74) is 5.12. The van der Waals surface area contributed by atoms with E-state index < -0.39 is 58.9 Å². The minimum absolute atomic E-state index is 0.0216. The summed E-state index contributed by atoms with van der Waals surface area (Å²) in [6.45, 7) is 10.7. The minimum Gasteiger partial charge on any atom is -0.493 e. The number of Topliss-reactive ketones (excluding diaryl/α,β-unsaturated/α-hetero) is 1. The molecule has 16 heteroatoms. The molecule has 2 saturated heterocycles. The van der Waals surface area contributed by atoms with Gasteiger partial charge in [-0.2, -0.15) is 0 Å². The van der Waals surface area contributed by atoms with Crippen LogP contribution >= 0.6 is 11.8 Å². The number of aromatic amines is 1. The summed E-state index contributed by atoms with van der Waals surface area (Å²) in [6.07, 6.45) is -0.786. The minimum atomic E-state index is -1.20. The van der Waals surface area contributed by atoms with E-state index in [1.165, 1.54) is 6.92 Å². The van der Waals surface area contributed by atoms with Gasteiger partial charge in [-0.1, -0.05) is 24.3 Å². The van der Waals surface area contributed by atoms with E-state index in [1.54, 1.807) is 39.6 Å². The Balaban J connectivity index is 1.23. The van der Waals surface area contributed by atoms with Crippen molar-refractivity contribution in [2.75, 3.05) is 46.5 Å². The molecule has 0 radical (unpaired) electrons. The highest BCUT2D eigenvalue weighted by Crippen LogP contribution is 2.64. The standard InChI is InChI=1S/C46H52N4O11S/c1-21-15-24-16-28-43(53)50-29-17-56-18-30(52)46(42-26(13-14-47-46)25-11-9-10-12-27(25)48-42)19-62-41(33-32(29)39-38(57-20-58-39)22(2)37(33)59-23(3)51)35(50)34(49(28)7)31(24)40(36(21)55-8)60-44(54)61-45(4,5)6/h9-12,15,28-29,34-35,41,43,47-48,53H,13-14,16-20H2,1-8H3/t28-,29-,34+,35?,41+,43-,46-/m0/s1. The lowest BCUT2D eigenvalue weighted by Crippen LogP contribution is -2.69. The smallest absolute Gasteiger partial charge is 0.493 e. The predicted molar refractivity (Wildman–Crippen MR) is 228 cm³/mol. The van der Waals surface area contributed by atoms with Crippen LogP contribution in [0.15, 0.2) is 30.3 Å². The molecule has 1 unspecified atom stereocenters. The number of benzene rings is 3. The van der Waals surface area contributed by atoms with Gasteiger partial charge in [0.25, 0.3) is 0 Å². The molecule has 8 heterocycles.